The van der Waals surface area contributed by atoms with Crippen molar-refractivity contribution < 1.29 is 43.9 Å². The van der Waals surface area contributed by atoms with Crippen molar-refractivity contribution in [1.82, 2.24) is 0 Å². The van der Waals surface area contributed by atoms with Gasteiger partial charge in [-0.25, -0.2) is 4.79 Å². The van der Waals surface area contributed by atoms with Gasteiger partial charge in [-0.1, -0.05) is 27.7 Å². The maximum Gasteiger partial charge on any atom is 0.343 e. The molecule has 4 heterocycles. The third-order valence-corrected chi connectivity index (χ3v) is 8.87. The first-order valence-electron chi connectivity index (χ1n) is 10.2. The van der Waals surface area contributed by atoms with Gasteiger partial charge in [0, 0.05) is 11.8 Å². The Morgan fingerprint density at radius 2 is 1.79 bits per heavy atom. The standard InChI is InChI=1S/C20H26O9/c1-7-6-26-13-11(23)18-12-9(22)10(16(2,3)4)17(18)5-8(21)27-15(17)29-20(18,14(24)28-12)19(7,13)25/h7,9-13,15,22-23,25H,5-6H2,1-4H3/t7-,9-,10+,11+,12?,13?,15?,17?,18?,19-,20?/m1/s1. The van der Waals surface area contributed by atoms with Crippen molar-refractivity contribution in [3.05, 3.63) is 0 Å². The Kier molecular flexibility index (Phi) is 2.97. The van der Waals surface area contributed by atoms with Gasteiger partial charge in [0.15, 0.2) is 0 Å². The maximum atomic E-state index is 13.4. The highest BCUT2D eigenvalue weighted by atomic mass is 16.7. The van der Waals surface area contributed by atoms with Gasteiger partial charge in [-0.15, -0.1) is 0 Å². The molecule has 6 rings (SSSR count). The lowest BCUT2D eigenvalue weighted by atomic mass is 9.52. The molecule has 9 heteroatoms. The fourth-order valence-electron chi connectivity index (χ4n) is 8.38. The Bertz CT molecular complexity index is 851. The highest BCUT2D eigenvalue weighted by Gasteiger charge is 3.02. The van der Waals surface area contributed by atoms with Gasteiger partial charge in [0.25, 0.3) is 0 Å². The highest BCUT2D eigenvalue weighted by molar-refractivity contribution is 5.90. The molecule has 2 aliphatic carbocycles. The zero-order valence-electron chi connectivity index (χ0n) is 16.7. The number of aliphatic hydroxyl groups excluding tert-OH is 2. The number of rotatable bonds is 0. The van der Waals surface area contributed by atoms with E-state index in [4.69, 9.17) is 18.9 Å². The Morgan fingerprint density at radius 1 is 1.10 bits per heavy atom. The van der Waals surface area contributed by atoms with Crippen molar-refractivity contribution in [2.75, 3.05) is 6.61 Å². The average molecular weight is 410 g/mol. The van der Waals surface area contributed by atoms with Crippen LogP contribution in [0.4, 0.5) is 0 Å². The predicted octanol–water partition coefficient (Wildman–Crippen LogP) is -0.896. The molecule has 29 heavy (non-hydrogen) atoms. The lowest BCUT2D eigenvalue weighted by Crippen LogP contribution is -2.65. The number of carbonyl (C=O) groups is 2. The van der Waals surface area contributed by atoms with Gasteiger partial charge in [-0.05, 0) is 5.41 Å². The first-order chi connectivity index (χ1) is 13.4. The van der Waals surface area contributed by atoms with Gasteiger partial charge in [0.1, 0.15) is 17.8 Å². The summed E-state index contributed by atoms with van der Waals surface area (Å²) in [7, 11) is 0. The van der Waals surface area contributed by atoms with Crippen molar-refractivity contribution in [2.45, 2.75) is 76.0 Å². The van der Waals surface area contributed by atoms with E-state index < -0.39 is 81.9 Å². The zero-order valence-corrected chi connectivity index (χ0v) is 16.7. The molecule has 0 radical (unpaired) electrons. The van der Waals surface area contributed by atoms with Gasteiger partial charge in [0.2, 0.25) is 11.9 Å². The van der Waals surface area contributed by atoms with Crippen LogP contribution in [0.2, 0.25) is 0 Å². The smallest absolute Gasteiger partial charge is 0.343 e. The van der Waals surface area contributed by atoms with E-state index in [9.17, 15) is 24.9 Å². The van der Waals surface area contributed by atoms with Crippen molar-refractivity contribution in [1.29, 1.82) is 0 Å². The maximum absolute atomic E-state index is 13.4. The Balaban J connectivity index is 1.72. The van der Waals surface area contributed by atoms with E-state index in [-0.39, 0.29) is 13.0 Å². The van der Waals surface area contributed by atoms with E-state index in [1.54, 1.807) is 6.92 Å². The van der Waals surface area contributed by atoms with Crippen LogP contribution < -0.4 is 0 Å². The summed E-state index contributed by atoms with van der Waals surface area (Å²) in [5, 5.41) is 34.9. The summed E-state index contributed by atoms with van der Waals surface area (Å²) in [6.45, 7) is 7.63. The monoisotopic (exact) mass is 410 g/mol. The van der Waals surface area contributed by atoms with Crippen LogP contribution >= 0.6 is 0 Å². The van der Waals surface area contributed by atoms with Gasteiger partial charge in [0.05, 0.1) is 36.1 Å². The molecule has 2 saturated carbocycles. The lowest BCUT2D eigenvalue weighted by molar-refractivity contribution is -0.240. The number of carbonyl (C=O) groups excluding carboxylic acids is 2. The number of hydrogen-bond acceptors (Lipinski definition) is 9. The molecule has 4 saturated heterocycles. The molecule has 4 aliphatic heterocycles. The van der Waals surface area contributed by atoms with Crippen LogP contribution in [0.5, 0.6) is 0 Å². The molecule has 0 bridgehead atoms. The molecule has 3 N–H and O–H groups in total. The summed E-state index contributed by atoms with van der Waals surface area (Å²) in [4.78, 5) is 25.9. The van der Waals surface area contributed by atoms with Crippen LogP contribution in [0, 0.1) is 28.1 Å². The molecule has 9 nitrogen and oxygen atoms in total. The molecule has 0 aromatic rings. The quantitative estimate of drug-likeness (QED) is 0.435. The molecule has 6 aliphatic rings. The molecule has 0 amide bonds. The first-order valence-corrected chi connectivity index (χ1v) is 10.2. The SMILES string of the molecule is C[C@@H]1COC2[C@H](O)C34C5OC(=O)C3(OC3OC(=O)CC34[C@H](C(C)(C)C)[C@H]5O)[C@]21O. The van der Waals surface area contributed by atoms with Crippen LogP contribution in [0.1, 0.15) is 34.1 Å². The minimum Gasteiger partial charge on any atom is -0.456 e. The molecular weight excluding hydrogens is 384 g/mol. The Hall–Kier alpha value is -1.26. The van der Waals surface area contributed by atoms with Crippen molar-refractivity contribution in [2.24, 2.45) is 28.1 Å². The number of aliphatic hydroxyl groups is 3. The number of esters is 2. The molecule has 11 atom stereocenters. The van der Waals surface area contributed by atoms with Crippen LogP contribution in [0.25, 0.3) is 0 Å². The van der Waals surface area contributed by atoms with Crippen LogP contribution in [0.15, 0.2) is 0 Å². The molecule has 2 spiro atoms. The predicted molar refractivity (Wildman–Crippen MR) is 91.9 cm³/mol. The van der Waals surface area contributed by atoms with Gasteiger partial charge in [-0.2, -0.15) is 0 Å². The number of fused-ring (bicyclic) bond motifs is 1. The van der Waals surface area contributed by atoms with E-state index in [0.717, 1.165) is 0 Å². The topological polar surface area (TPSA) is 132 Å². The molecule has 0 aromatic heterocycles. The largest absolute Gasteiger partial charge is 0.456 e. The van der Waals surface area contributed by atoms with E-state index in [1.807, 2.05) is 20.8 Å². The molecule has 160 valence electrons. The summed E-state index contributed by atoms with van der Waals surface area (Å²) in [6, 6.07) is 0. The molecule has 6 fully saturated rings. The third kappa shape index (κ3) is 1.38. The number of hydrogen-bond donors (Lipinski definition) is 3. The second-order valence-electron chi connectivity index (χ2n) is 10.8. The second-order valence-corrected chi connectivity index (χ2v) is 10.8. The summed E-state index contributed by atoms with van der Waals surface area (Å²) >= 11 is 0. The van der Waals surface area contributed by atoms with E-state index >= 15 is 0 Å². The van der Waals surface area contributed by atoms with Crippen LogP contribution in [-0.2, 0) is 28.5 Å². The average Bonchev–Trinajstić information content (AvgIpc) is 3.30. The fraction of sp³-hybridized carbons (Fsp3) is 0.900. The van der Waals surface area contributed by atoms with Gasteiger partial charge >= 0.3 is 11.9 Å². The van der Waals surface area contributed by atoms with Crippen LogP contribution in [0.3, 0.4) is 0 Å². The van der Waals surface area contributed by atoms with Crippen LogP contribution in [-0.4, -0.2) is 75.8 Å². The van der Waals surface area contributed by atoms with E-state index in [2.05, 4.69) is 0 Å². The fourth-order valence-corrected chi connectivity index (χ4v) is 8.38. The summed E-state index contributed by atoms with van der Waals surface area (Å²) in [5.41, 5.74) is -7.17. The van der Waals surface area contributed by atoms with E-state index in [1.165, 1.54) is 0 Å². The van der Waals surface area contributed by atoms with Crippen molar-refractivity contribution in [3.63, 3.8) is 0 Å². The lowest BCUT2D eigenvalue weighted by Gasteiger charge is -2.46. The zero-order chi connectivity index (χ0) is 20.9. The first kappa shape index (κ1) is 18.5. The van der Waals surface area contributed by atoms with E-state index in [0.29, 0.717) is 0 Å². The third-order valence-electron chi connectivity index (χ3n) is 8.87. The van der Waals surface area contributed by atoms with Gasteiger partial charge < -0.3 is 34.3 Å². The second kappa shape index (κ2) is 4.65. The van der Waals surface area contributed by atoms with Crippen molar-refractivity contribution in [3.8, 4) is 0 Å². The minimum atomic E-state index is -1.98. The molecule has 0 aromatic carbocycles. The molecular formula is C20H26O9. The summed E-state index contributed by atoms with van der Waals surface area (Å²) in [5.74, 6) is -2.48. The van der Waals surface area contributed by atoms with Gasteiger partial charge in [-0.3, -0.25) is 4.79 Å². The Labute approximate surface area is 167 Å². The van der Waals surface area contributed by atoms with Crippen molar-refractivity contribution >= 4 is 11.9 Å². The summed E-state index contributed by atoms with van der Waals surface area (Å²) < 4.78 is 23.2. The molecule has 6 unspecified atom stereocenters. The minimum absolute atomic E-state index is 0.139. The Morgan fingerprint density at radius 3 is 2.45 bits per heavy atom. The summed E-state index contributed by atoms with van der Waals surface area (Å²) in [6.07, 6.45) is -6.07. The normalized spacial score (nSPS) is 62.0. The number of ether oxygens (including phenoxy) is 4. The highest BCUT2D eigenvalue weighted by Crippen LogP contribution is 2.84.